The second kappa shape index (κ2) is 9.03. The summed E-state index contributed by atoms with van der Waals surface area (Å²) in [5.41, 5.74) is 6.96. The van der Waals surface area contributed by atoms with Gasteiger partial charge in [-0.25, -0.2) is 0 Å². The number of benzene rings is 1. The van der Waals surface area contributed by atoms with Gasteiger partial charge in [-0.15, -0.1) is 11.8 Å². The van der Waals surface area contributed by atoms with Crippen LogP contribution in [0.4, 0.5) is 0 Å². The van der Waals surface area contributed by atoms with Crippen molar-refractivity contribution in [1.29, 1.82) is 0 Å². The minimum absolute atomic E-state index is 0.0589. The highest BCUT2D eigenvalue weighted by atomic mass is 32.2. The molecule has 1 amide bonds. The number of amides is 1. The fourth-order valence-electron chi connectivity index (χ4n) is 1.97. The Bertz CT molecular complexity index is 395. The summed E-state index contributed by atoms with van der Waals surface area (Å²) in [5, 5.41) is 2.99. The largest absolute Gasteiger partial charge is 0.351 e. The topological polar surface area (TPSA) is 55.1 Å². The van der Waals surface area contributed by atoms with E-state index in [9.17, 15) is 4.79 Å². The van der Waals surface area contributed by atoms with Crippen molar-refractivity contribution in [2.75, 3.05) is 6.54 Å². The van der Waals surface area contributed by atoms with E-state index in [4.69, 9.17) is 5.73 Å². The van der Waals surface area contributed by atoms with Gasteiger partial charge in [0, 0.05) is 18.3 Å². The fourth-order valence-corrected chi connectivity index (χ4v) is 2.83. The SMILES string of the molecule is CC(C)CC(CN)NC(=O)C(C)SCc1ccccc1. The molecule has 112 valence electrons. The highest BCUT2D eigenvalue weighted by Crippen LogP contribution is 2.18. The molecule has 4 heteroatoms. The number of hydrogen-bond acceptors (Lipinski definition) is 3. The summed E-state index contributed by atoms with van der Waals surface area (Å²) in [4.78, 5) is 12.1. The average Bonchev–Trinajstić information content (AvgIpc) is 2.44. The third kappa shape index (κ3) is 6.44. The summed E-state index contributed by atoms with van der Waals surface area (Å²) in [6, 6.07) is 10.3. The zero-order valence-corrected chi connectivity index (χ0v) is 13.5. The molecule has 0 radical (unpaired) electrons. The molecule has 0 saturated heterocycles. The van der Waals surface area contributed by atoms with Crippen LogP contribution in [0.3, 0.4) is 0 Å². The van der Waals surface area contributed by atoms with Gasteiger partial charge in [-0.1, -0.05) is 44.2 Å². The van der Waals surface area contributed by atoms with Gasteiger partial charge >= 0.3 is 0 Å². The van der Waals surface area contributed by atoms with Gasteiger partial charge in [0.25, 0.3) is 0 Å². The Hall–Kier alpha value is -1.00. The van der Waals surface area contributed by atoms with Gasteiger partial charge in [-0.05, 0) is 24.8 Å². The van der Waals surface area contributed by atoms with Crippen molar-refractivity contribution in [2.45, 2.75) is 44.2 Å². The number of carbonyl (C=O) groups is 1. The van der Waals surface area contributed by atoms with E-state index in [-0.39, 0.29) is 17.2 Å². The van der Waals surface area contributed by atoms with E-state index in [1.54, 1.807) is 11.8 Å². The number of carbonyl (C=O) groups excluding carboxylic acids is 1. The lowest BCUT2D eigenvalue weighted by Gasteiger charge is -2.21. The number of nitrogens with two attached hydrogens (primary N) is 1. The predicted octanol–water partition coefficient (Wildman–Crippen LogP) is 2.80. The first kappa shape index (κ1) is 17.1. The molecule has 0 heterocycles. The van der Waals surface area contributed by atoms with Gasteiger partial charge in [0.05, 0.1) is 5.25 Å². The van der Waals surface area contributed by atoms with Gasteiger partial charge in [0.15, 0.2) is 0 Å². The van der Waals surface area contributed by atoms with Crippen molar-refractivity contribution in [1.82, 2.24) is 5.32 Å². The van der Waals surface area contributed by atoms with E-state index in [1.807, 2.05) is 25.1 Å². The minimum Gasteiger partial charge on any atom is -0.351 e. The monoisotopic (exact) mass is 294 g/mol. The molecule has 0 bridgehead atoms. The normalized spacial score (nSPS) is 14.1. The standard InChI is InChI=1S/C16H26N2OS/c1-12(2)9-15(10-17)18-16(19)13(3)20-11-14-7-5-4-6-8-14/h4-8,12-13,15H,9-11,17H2,1-3H3,(H,18,19). The zero-order valence-electron chi connectivity index (χ0n) is 12.6. The average molecular weight is 294 g/mol. The molecule has 1 aromatic carbocycles. The molecular formula is C16H26N2OS. The molecule has 0 aliphatic heterocycles. The number of rotatable bonds is 8. The van der Waals surface area contributed by atoms with E-state index in [0.717, 1.165) is 12.2 Å². The van der Waals surface area contributed by atoms with E-state index in [0.29, 0.717) is 12.5 Å². The van der Waals surface area contributed by atoms with Crippen LogP contribution in [0.25, 0.3) is 0 Å². The van der Waals surface area contributed by atoms with Crippen molar-refractivity contribution < 1.29 is 4.79 Å². The maximum Gasteiger partial charge on any atom is 0.233 e. The lowest BCUT2D eigenvalue weighted by molar-refractivity contribution is -0.121. The Morgan fingerprint density at radius 2 is 1.90 bits per heavy atom. The van der Waals surface area contributed by atoms with Crippen molar-refractivity contribution in [2.24, 2.45) is 11.7 Å². The molecule has 3 nitrogen and oxygen atoms in total. The highest BCUT2D eigenvalue weighted by molar-refractivity contribution is 7.99. The number of nitrogens with one attached hydrogen (secondary N) is 1. The molecule has 1 aromatic rings. The summed E-state index contributed by atoms with van der Waals surface area (Å²) in [5.74, 6) is 1.48. The lowest BCUT2D eigenvalue weighted by Crippen LogP contribution is -2.44. The van der Waals surface area contributed by atoms with Gasteiger partial charge in [-0.2, -0.15) is 0 Å². The fraction of sp³-hybridized carbons (Fsp3) is 0.562. The molecule has 3 N–H and O–H groups in total. The molecule has 0 fully saturated rings. The van der Waals surface area contributed by atoms with Crippen molar-refractivity contribution >= 4 is 17.7 Å². The van der Waals surface area contributed by atoms with Gasteiger partial charge < -0.3 is 11.1 Å². The maximum atomic E-state index is 12.1. The molecule has 0 aliphatic rings. The van der Waals surface area contributed by atoms with E-state index < -0.39 is 0 Å². The van der Waals surface area contributed by atoms with E-state index in [1.165, 1.54) is 5.56 Å². The first-order chi connectivity index (χ1) is 9.52. The van der Waals surface area contributed by atoms with E-state index in [2.05, 4.69) is 31.3 Å². The summed E-state index contributed by atoms with van der Waals surface area (Å²) in [6.07, 6.45) is 0.929. The Morgan fingerprint density at radius 1 is 1.25 bits per heavy atom. The second-order valence-corrected chi connectivity index (χ2v) is 6.84. The number of thioether (sulfide) groups is 1. The van der Waals surface area contributed by atoms with E-state index >= 15 is 0 Å². The van der Waals surface area contributed by atoms with Crippen LogP contribution in [0, 0.1) is 5.92 Å². The maximum absolute atomic E-state index is 12.1. The third-order valence-corrected chi connectivity index (χ3v) is 4.31. The summed E-state index contributed by atoms with van der Waals surface area (Å²) in [7, 11) is 0. The second-order valence-electron chi connectivity index (χ2n) is 5.51. The predicted molar refractivity (Wildman–Crippen MR) is 87.6 cm³/mol. The Morgan fingerprint density at radius 3 is 2.45 bits per heavy atom. The van der Waals surface area contributed by atoms with Crippen LogP contribution in [-0.2, 0) is 10.5 Å². The van der Waals surface area contributed by atoms with Crippen LogP contribution in [0.5, 0.6) is 0 Å². The molecule has 20 heavy (non-hydrogen) atoms. The van der Waals surface area contributed by atoms with Gasteiger partial charge in [-0.3, -0.25) is 4.79 Å². The summed E-state index contributed by atoms with van der Waals surface area (Å²) >= 11 is 1.66. The molecule has 0 spiro atoms. The molecule has 0 aromatic heterocycles. The Labute approximate surface area is 126 Å². The summed E-state index contributed by atoms with van der Waals surface area (Å²) in [6.45, 7) is 6.73. The molecule has 0 aliphatic carbocycles. The first-order valence-corrected chi connectivity index (χ1v) is 8.23. The van der Waals surface area contributed by atoms with Crippen LogP contribution < -0.4 is 11.1 Å². The van der Waals surface area contributed by atoms with Crippen LogP contribution >= 0.6 is 11.8 Å². The molecule has 2 atom stereocenters. The Balaban J connectivity index is 2.38. The quantitative estimate of drug-likeness (QED) is 0.775. The third-order valence-electron chi connectivity index (χ3n) is 3.10. The van der Waals surface area contributed by atoms with Crippen LogP contribution in [0.15, 0.2) is 30.3 Å². The Kier molecular flexibility index (Phi) is 7.70. The lowest BCUT2D eigenvalue weighted by atomic mass is 10.0. The zero-order chi connectivity index (χ0) is 15.0. The van der Waals surface area contributed by atoms with Crippen molar-refractivity contribution in [3.05, 3.63) is 35.9 Å². The minimum atomic E-state index is -0.0589. The molecule has 1 rings (SSSR count). The van der Waals surface area contributed by atoms with Crippen molar-refractivity contribution in [3.8, 4) is 0 Å². The molecule has 0 saturated carbocycles. The number of hydrogen-bond donors (Lipinski definition) is 2. The molecular weight excluding hydrogens is 268 g/mol. The molecule has 2 unspecified atom stereocenters. The van der Waals surface area contributed by atoms with Crippen LogP contribution in [0.2, 0.25) is 0 Å². The highest BCUT2D eigenvalue weighted by Gasteiger charge is 2.17. The summed E-state index contributed by atoms with van der Waals surface area (Å²) < 4.78 is 0. The van der Waals surface area contributed by atoms with Crippen molar-refractivity contribution in [3.63, 3.8) is 0 Å². The van der Waals surface area contributed by atoms with Gasteiger partial charge in [0.2, 0.25) is 5.91 Å². The van der Waals surface area contributed by atoms with Gasteiger partial charge in [0.1, 0.15) is 0 Å². The van der Waals surface area contributed by atoms with Crippen LogP contribution in [0.1, 0.15) is 32.8 Å². The smallest absolute Gasteiger partial charge is 0.233 e. The van der Waals surface area contributed by atoms with Crippen LogP contribution in [-0.4, -0.2) is 23.7 Å². The first-order valence-electron chi connectivity index (χ1n) is 7.19.